The van der Waals surface area contributed by atoms with E-state index >= 15 is 0 Å². The molecule has 0 saturated heterocycles. The molecule has 1 aromatic rings. The highest BCUT2D eigenvalue weighted by Gasteiger charge is 2.34. The van der Waals surface area contributed by atoms with Crippen LogP contribution < -0.4 is 10.6 Å². The van der Waals surface area contributed by atoms with Crippen molar-refractivity contribution in [2.45, 2.75) is 92.0 Å². The molecule has 0 radical (unpaired) electrons. The first-order valence-electron chi connectivity index (χ1n) is 11.0. The van der Waals surface area contributed by atoms with Crippen LogP contribution in [-0.4, -0.2) is 47.0 Å². The van der Waals surface area contributed by atoms with Crippen LogP contribution in [0.2, 0.25) is 0 Å². The molecule has 0 saturated carbocycles. The van der Waals surface area contributed by atoms with E-state index in [1.165, 1.54) is 4.90 Å². The number of carbonyl (C=O) groups is 3. The van der Waals surface area contributed by atoms with E-state index in [4.69, 9.17) is 4.74 Å². The number of benzene rings is 1. The van der Waals surface area contributed by atoms with E-state index in [0.29, 0.717) is 0 Å². The fourth-order valence-corrected chi connectivity index (χ4v) is 3.39. The van der Waals surface area contributed by atoms with Crippen LogP contribution in [0.3, 0.4) is 0 Å². The number of nitrogens with zero attached hydrogens (tertiary/aromatic N) is 1. The SMILES string of the molecule is CCCC(C)NC(=O)C(c1cccc(C)c1)N(C(=O)CNC(=O)OC(C)(C)C)C(C)C. The maximum Gasteiger partial charge on any atom is 0.408 e. The Morgan fingerprint density at radius 2 is 1.77 bits per heavy atom. The minimum atomic E-state index is -0.799. The van der Waals surface area contributed by atoms with Crippen molar-refractivity contribution in [2.24, 2.45) is 0 Å². The number of nitrogens with one attached hydrogen (secondary N) is 2. The molecule has 0 spiro atoms. The predicted octanol–water partition coefficient (Wildman–Crippen LogP) is 4.10. The normalized spacial score (nSPS) is 13.3. The van der Waals surface area contributed by atoms with Crippen LogP contribution in [0, 0.1) is 6.92 Å². The second-order valence-electron chi connectivity index (χ2n) is 9.27. The fraction of sp³-hybridized carbons (Fsp3) is 0.625. The molecule has 3 amide bonds. The zero-order valence-corrected chi connectivity index (χ0v) is 20.2. The summed E-state index contributed by atoms with van der Waals surface area (Å²) in [6, 6.07) is 6.53. The van der Waals surface area contributed by atoms with Gasteiger partial charge in [0, 0.05) is 12.1 Å². The molecule has 0 fully saturated rings. The minimum absolute atomic E-state index is 0.00573. The van der Waals surface area contributed by atoms with Crippen molar-refractivity contribution < 1.29 is 19.1 Å². The van der Waals surface area contributed by atoms with E-state index in [-0.39, 0.29) is 30.4 Å². The van der Waals surface area contributed by atoms with Crippen LogP contribution in [0.5, 0.6) is 0 Å². The summed E-state index contributed by atoms with van der Waals surface area (Å²) < 4.78 is 5.22. The molecular weight excluding hydrogens is 394 g/mol. The Morgan fingerprint density at radius 1 is 1.13 bits per heavy atom. The van der Waals surface area contributed by atoms with Crippen molar-refractivity contribution in [3.05, 3.63) is 35.4 Å². The molecule has 0 heterocycles. The monoisotopic (exact) mass is 433 g/mol. The van der Waals surface area contributed by atoms with E-state index in [0.717, 1.165) is 24.0 Å². The van der Waals surface area contributed by atoms with Crippen LogP contribution in [0.1, 0.15) is 78.5 Å². The average Bonchev–Trinajstić information content (AvgIpc) is 2.62. The van der Waals surface area contributed by atoms with Crippen LogP contribution in [0.4, 0.5) is 4.79 Å². The number of carbonyl (C=O) groups excluding carboxylic acids is 3. The molecule has 7 nitrogen and oxygen atoms in total. The van der Waals surface area contributed by atoms with E-state index < -0.39 is 17.7 Å². The summed E-state index contributed by atoms with van der Waals surface area (Å²) in [5, 5.41) is 5.55. The summed E-state index contributed by atoms with van der Waals surface area (Å²) in [6.07, 6.45) is 1.13. The van der Waals surface area contributed by atoms with Crippen LogP contribution in [0.25, 0.3) is 0 Å². The minimum Gasteiger partial charge on any atom is -0.444 e. The lowest BCUT2D eigenvalue weighted by atomic mass is 10.00. The Kier molecular flexibility index (Phi) is 10.0. The van der Waals surface area contributed by atoms with Gasteiger partial charge in [-0.1, -0.05) is 43.2 Å². The molecular formula is C24H39N3O4. The summed E-state index contributed by atoms with van der Waals surface area (Å²) in [7, 11) is 0. The Balaban J connectivity index is 3.16. The fourth-order valence-electron chi connectivity index (χ4n) is 3.39. The van der Waals surface area contributed by atoms with Crippen molar-refractivity contribution >= 4 is 17.9 Å². The molecule has 0 bridgehead atoms. The molecule has 1 aromatic carbocycles. The van der Waals surface area contributed by atoms with Crippen molar-refractivity contribution in [2.75, 3.05) is 6.54 Å². The second-order valence-corrected chi connectivity index (χ2v) is 9.27. The quantitative estimate of drug-likeness (QED) is 0.614. The van der Waals surface area contributed by atoms with Gasteiger partial charge in [0.05, 0.1) is 0 Å². The Labute approximate surface area is 186 Å². The Morgan fingerprint density at radius 3 is 2.29 bits per heavy atom. The predicted molar refractivity (Wildman–Crippen MR) is 123 cm³/mol. The summed E-state index contributed by atoms with van der Waals surface area (Å²) >= 11 is 0. The number of ether oxygens (including phenoxy) is 1. The number of amides is 3. The third kappa shape index (κ3) is 8.99. The molecule has 2 unspecified atom stereocenters. The van der Waals surface area contributed by atoms with E-state index in [9.17, 15) is 14.4 Å². The van der Waals surface area contributed by atoms with Crippen molar-refractivity contribution in [1.29, 1.82) is 0 Å². The van der Waals surface area contributed by atoms with Crippen LogP contribution in [0.15, 0.2) is 24.3 Å². The van der Waals surface area contributed by atoms with Gasteiger partial charge in [0.1, 0.15) is 18.2 Å². The standard InChI is InChI=1S/C24H39N3O4/c1-9-11-18(5)26-22(29)21(19-13-10-12-17(4)14-19)27(16(2)3)20(28)15-25-23(30)31-24(6,7)8/h10,12-14,16,18,21H,9,11,15H2,1-8H3,(H,25,30)(H,26,29). The highest BCUT2D eigenvalue weighted by molar-refractivity contribution is 5.90. The third-order valence-corrected chi connectivity index (χ3v) is 4.62. The lowest BCUT2D eigenvalue weighted by Crippen LogP contribution is -2.51. The van der Waals surface area contributed by atoms with Gasteiger partial charge in [0.25, 0.3) is 0 Å². The van der Waals surface area contributed by atoms with Gasteiger partial charge in [-0.25, -0.2) is 4.79 Å². The van der Waals surface area contributed by atoms with Gasteiger partial charge in [-0.3, -0.25) is 9.59 Å². The van der Waals surface area contributed by atoms with E-state index in [1.807, 2.05) is 52.0 Å². The number of hydrogen-bond donors (Lipinski definition) is 2. The first-order valence-corrected chi connectivity index (χ1v) is 11.0. The van der Waals surface area contributed by atoms with Gasteiger partial charge in [-0.15, -0.1) is 0 Å². The smallest absolute Gasteiger partial charge is 0.408 e. The lowest BCUT2D eigenvalue weighted by Gasteiger charge is -2.35. The summed E-state index contributed by atoms with van der Waals surface area (Å²) in [6.45, 7) is 14.7. The highest BCUT2D eigenvalue weighted by atomic mass is 16.6. The summed E-state index contributed by atoms with van der Waals surface area (Å²) in [5.41, 5.74) is 1.07. The number of aryl methyl sites for hydroxylation is 1. The largest absolute Gasteiger partial charge is 0.444 e. The molecule has 31 heavy (non-hydrogen) atoms. The molecule has 1 rings (SSSR count). The zero-order valence-electron chi connectivity index (χ0n) is 20.2. The maximum atomic E-state index is 13.3. The van der Waals surface area contributed by atoms with E-state index in [1.54, 1.807) is 20.8 Å². The molecule has 174 valence electrons. The number of rotatable bonds is 9. The van der Waals surface area contributed by atoms with E-state index in [2.05, 4.69) is 17.6 Å². The van der Waals surface area contributed by atoms with Crippen molar-refractivity contribution in [3.8, 4) is 0 Å². The second kappa shape index (κ2) is 11.7. The molecule has 2 N–H and O–H groups in total. The topological polar surface area (TPSA) is 87.7 Å². The lowest BCUT2D eigenvalue weighted by molar-refractivity contribution is -0.142. The summed E-state index contributed by atoms with van der Waals surface area (Å²) in [4.78, 5) is 40.0. The third-order valence-electron chi connectivity index (χ3n) is 4.62. The molecule has 7 heteroatoms. The Bertz CT molecular complexity index is 755. The van der Waals surface area contributed by atoms with Gasteiger partial charge in [-0.05, 0) is 60.5 Å². The Hall–Kier alpha value is -2.57. The first-order chi connectivity index (χ1) is 14.4. The molecule has 0 aliphatic heterocycles. The van der Waals surface area contributed by atoms with Gasteiger partial charge < -0.3 is 20.3 Å². The zero-order chi connectivity index (χ0) is 23.8. The van der Waals surface area contributed by atoms with Gasteiger partial charge in [0.2, 0.25) is 11.8 Å². The van der Waals surface area contributed by atoms with Gasteiger partial charge in [-0.2, -0.15) is 0 Å². The molecule has 0 aliphatic rings. The van der Waals surface area contributed by atoms with Gasteiger partial charge in [0.15, 0.2) is 0 Å². The van der Waals surface area contributed by atoms with Crippen LogP contribution >= 0.6 is 0 Å². The highest BCUT2D eigenvalue weighted by Crippen LogP contribution is 2.25. The maximum absolute atomic E-state index is 13.3. The van der Waals surface area contributed by atoms with Gasteiger partial charge >= 0.3 is 6.09 Å². The number of alkyl carbamates (subject to hydrolysis) is 1. The number of hydrogen-bond acceptors (Lipinski definition) is 4. The van der Waals surface area contributed by atoms with Crippen molar-refractivity contribution in [3.63, 3.8) is 0 Å². The molecule has 2 atom stereocenters. The summed E-state index contributed by atoms with van der Waals surface area (Å²) in [5.74, 6) is -0.587. The van der Waals surface area contributed by atoms with Crippen molar-refractivity contribution in [1.82, 2.24) is 15.5 Å². The molecule has 0 aromatic heterocycles. The molecule has 0 aliphatic carbocycles. The van der Waals surface area contributed by atoms with Crippen LogP contribution in [-0.2, 0) is 14.3 Å². The average molecular weight is 434 g/mol. The first kappa shape index (κ1) is 26.5.